The SMILES string of the molecule is O=C(Nc1cnc2c(c1)CNCC2)C1CCc2[nH]ncc2C1. The standard InChI is InChI=1S/C16H19N5O/c22-16(10-1-2-15-11(5-10)8-19-21-15)20-13-6-12-7-17-4-3-14(12)18-9-13/h6,8-10,17H,1-5,7H2,(H,19,21)(H,20,22). The summed E-state index contributed by atoms with van der Waals surface area (Å²) in [5.74, 6) is 0.0941. The molecule has 0 radical (unpaired) electrons. The van der Waals surface area contributed by atoms with Crippen LogP contribution in [0.5, 0.6) is 0 Å². The number of H-pyrrole nitrogens is 1. The molecule has 1 aliphatic heterocycles. The maximum absolute atomic E-state index is 12.5. The normalized spacial score (nSPS) is 20.1. The van der Waals surface area contributed by atoms with Crippen LogP contribution in [0.25, 0.3) is 0 Å². The van der Waals surface area contributed by atoms with Gasteiger partial charge in [0.05, 0.1) is 18.1 Å². The molecule has 3 N–H and O–H groups in total. The predicted octanol–water partition coefficient (Wildman–Crippen LogP) is 1.19. The van der Waals surface area contributed by atoms with Crippen molar-refractivity contribution in [3.63, 3.8) is 0 Å². The molecule has 6 heteroatoms. The summed E-state index contributed by atoms with van der Waals surface area (Å²) in [5, 5.41) is 13.4. The zero-order valence-electron chi connectivity index (χ0n) is 12.4. The van der Waals surface area contributed by atoms with Crippen molar-refractivity contribution in [1.82, 2.24) is 20.5 Å². The lowest BCUT2D eigenvalue weighted by Crippen LogP contribution is -2.28. The highest BCUT2D eigenvalue weighted by Gasteiger charge is 2.26. The number of rotatable bonds is 2. The zero-order valence-corrected chi connectivity index (χ0v) is 12.4. The first-order valence-electron chi connectivity index (χ1n) is 7.80. The van der Waals surface area contributed by atoms with Crippen LogP contribution < -0.4 is 10.6 Å². The van der Waals surface area contributed by atoms with Gasteiger partial charge in [0.15, 0.2) is 0 Å². The van der Waals surface area contributed by atoms with E-state index in [9.17, 15) is 4.79 Å². The van der Waals surface area contributed by atoms with E-state index in [4.69, 9.17) is 0 Å². The lowest BCUT2D eigenvalue weighted by Gasteiger charge is -2.21. The summed E-state index contributed by atoms with van der Waals surface area (Å²) in [7, 11) is 0. The number of amides is 1. The van der Waals surface area contributed by atoms with Crippen LogP contribution in [0.15, 0.2) is 18.5 Å². The first-order chi connectivity index (χ1) is 10.8. The monoisotopic (exact) mass is 297 g/mol. The molecule has 22 heavy (non-hydrogen) atoms. The van der Waals surface area contributed by atoms with Crippen molar-refractivity contribution in [2.45, 2.75) is 32.2 Å². The molecule has 0 bridgehead atoms. The summed E-state index contributed by atoms with van der Waals surface area (Å²) in [6.45, 7) is 1.80. The number of carbonyl (C=O) groups excluding carboxylic acids is 1. The maximum atomic E-state index is 12.5. The van der Waals surface area contributed by atoms with Gasteiger partial charge in [0, 0.05) is 36.8 Å². The largest absolute Gasteiger partial charge is 0.324 e. The van der Waals surface area contributed by atoms with Gasteiger partial charge in [-0.05, 0) is 36.5 Å². The van der Waals surface area contributed by atoms with Gasteiger partial charge in [0.1, 0.15) is 0 Å². The number of nitrogens with one attached hydrogen (secondary N) is 3. The van der Waals surface area contributed by atoms with Gasteiger partial charge >= 0.3 is 0 Å². The third-order valence-corrected chi connectivity index (χ3v) is 4.57. The van der Waals surface area contributed by atoms with E-state index in [1.807, 2.05) is 12.3 Å². The molecular weight excluding hydrogens is 278 g/mol. The van der Waals surface area contributed by atoms with Crippen molar-refractivity contribution in [3.05, 3.63) is 41.0 Å². The van der Waals surface area contributed by atoms with Crippen LogP contribution in [-0.2, 0) is 30.6 Å². The van der Waals surface area contributed by atoms with Crippen LogP contribution >= 0.6 is 0 Å². The molecule has 0 fully saturated rings. The zero-order chi connectivity index (χ0) is 14.9. The molecule has 2 aromatic rings. The summed E-state index contributed by atoms with van der Waals surface area (Å²) in [4.78, 5) is 17.0. The fourth-order valence-electron chi connectivity index (χ4n) is 3.30. The summed E-state index contributed by atoms with van der Waals surface area (Å²) in [5.41, 5.74) is 5.46. The van der Waals surface area contributed by atoms with Crippen molar-refractivity contribution in [2.75, 3.05) is 11.9 Å². The second-order valence-electron chi connectivity index (χ2n) is 6.06. The average molecular weight is 297 g/mol. The second kappa shape index (κ2) is 5.53. The van der Waals surface area contributed by atoms with E-state index in [0.717, 1.165) is 50.2 Å². The quantitative estimate of drug-likeness (QED) is 0.777. The molecule has 0 saturated carbocycles. The lowest BCUT2D eigenvalue weighted by atomic mass is 9.87. The molecule has 0 aromatic carbocycles. The molecule has 2 aromatic heterocycles. The first-order valence-corrected chi connectivity index (χ1v) is 7.80. The van der Waals surface area contributed by atoms with Gasteiger partial charge in [-0.1, -0.05) is 0 Å². The molecule has 1 atom stereocenters. The number of anilines is 1. The van der Waals surface area contributed by atoms with Crippen LogP contribution in [0, 0.1) is 5.92 Å². The number of aromatic amines is 1. The van der Waals surface area contributed by atoms with E-state index in [1.165, 1.54) is 16.8 Å². The van der Waals surface area contributed by atoms with Crippen LogP contribution in [0.4, 0.5) is 5.69 Å². The smallest absolute Gasteiger partial charge is 0.227 e. The minimum atomic E-state index is 0.0132. The van der Waals surface area contributed by atoms with Crippen LogP contribution in [0.2, 0.25) is 0 Å². The third-order valence-electron chi connectivity index (χ3n) is 4.57. The molecule has 3 heterocycles. The molecule has 1 aliphatic carbocycles. The molecule has 0 spiro atoms. The molecule has 1 amide bonds. The summed E-state index contributed by atoms with van der Waals surface area (Å²) in [6.07, 6.45) is 7.07. The van der Waals surface area contributed by atoms with Crippen LogP contribution in [0.3, 0.4) is 0 Å². The first kappa shape index (κ1) is 13.5. The Hall–Kier alpha value is -2.21. The highest BCUT2D eigenvalue weighted by molar-refractivity contribution is 5.92. The fourth-order valence-corrected chi connectivity index (χ4v) is 3.30. The number of hydrogen-bond donors (Lipinski definition) is 3. The highest BCUT2D eigenvalue weighted by atomic mass is 16.1. The van der Waals surface area contributed by atoms with Gasteiger partial charge in [-0.25, -0.2) is 0 Å². The van der Waals surface area contributed by atoms with E-state index in [2.05, 4.69) is 25.8 Å². The number of aromatic nitrogens is 3. The van der Waals surface area contributed by atoms with Crippen molar-refractivity contribution in [1.29, 1.82) is 0 Å². The third kappa shape index (κ3) is 2.50. The number of nitrogens with zero attached hydrogens (tertiary/aromatic N) is 2. The maximum Gasteiger partial charge on any atom is 0.227 e. The van der Waals surface area contributed by atoms with E-state index < -0.39 is 0 Å². The van der Waals surface area contributed by atoms with Gasteiger partial charge in [-0.2, -0.15) is 5.10 Å². The molecule has 114 valence electrons. The molecular formula is C16H19N5O. The fraction of sp³-hybridized carbons (Fsp3) is 0.438. The Morgan fingerprint density at radius 2 is 2.23 bits per heavy atom. The van der Waals surface area contributed by atoms with E-state index in [1.54, 1.807) is 6.20 Å². The van der Waals surface area contributed by atoms with Gasteiger partial charge < -0.3 is 10.6 Å². The van der Waals surface area contributed by atoms with E-state index in [0.29, 0.717) is 0 Å². The Morgan fingerprint density at radius 3 is 3.18 bits per heavy atom. The molecule has 4 rings (SSSR count). The molecule has 6 nitrogen and oxygen atoms in total. The molecule has 2 aliphatic rings. The Morgan fingerprint density at radius 1 is 1.27 bits per heavy atom. The number of fused-ring (bicyclic) bond motifs is 2. The number of pyridine rings is 1. The minimum absolute atomic E-state index is 0.0132. The average Bonchev–Trinajstić information content (AvgIpc) is 3.02. The lowest BCUT2D eigenvalue weighted by molar-refractivity contribution is -0.120. The molecule has 1 unspecified atom stereocenters. The Kier molecular flexibility index (Phi) is 3.38. The van der Waals surface area contributed by atoms with Gasteiger partial charge in [-0.3, -0.25) is 14.9 Å². The number of carbonyl (C=O) groups is 1. The van der Waals surface area contributed by atoms with Crippen molar-refractivity contribution in [3.8, 4) is 0 Å². The van der Waals surface area contributed by atoms with E-state index >= 15 is 0 Å². The summed E-state index contributed by atoms with van der Waals surface area (Å²) in [6, 6.07) is 2.04. The summed E-state index contributed by atoms with van der Waals surface area (Å²) < 4.78 is 0. The van der Waals surface area contributed by atoms with Gasteiger partial charge in [-0.15, -0.1) is 0 Å². The van der Waals surface area contributed by atoms with Crippen LogP contribution in [0.1, 0.15) is 28.9 Å². The topological polar surface area (TPSA) is 82.7 Å². The molecule has 0 saturated heterocycles. The van der Waals surface area contributed by atoms with Crippen molar-refractivity contribution in [2.24, 2.45) is 5.92 Å². The Balaban J connectivity index is 1.46. The second-order valence-corrected chi connectivity index (χ2v) is 6.06. The Labute approximate surface area is 128 Å². The van der Waals surface area contributed by atoms with E-state index in [-0.39, 0.29) is 11.8 Å². The van der Waals surface area contributed by atoms with Gasteiger partial charge in [0.2, 0.25) is 5.91 Å². The Bertz CT molecular complexity index is 708. The predicted molar refractivity (Wildman–Crippen MR) is 82.4 cm³/mol. The van der Waals surface area contributed by atoms with Crippen molar-refractivity contribution >= 4 is 11.6 Å². The van der Waals surface area contributed by atoms with Crippen molar-refractivity contribution < 1.29 is 4.79 Å². The number of aryl methyl sites for hydroxylation is 1. The van der Waals surface area contributed by atoms with Crippen LogP contribution in [-0.4, -0.2) is 27.6 Å². The number of hydrogen-bond acceptors (Lipinski definition) is 4. The minimum Gasteiger partial charge on any atom is -0.324 e. The highest BCUT2D eigenvalue weighted by Crippen LogP contribution is 2.25. The van der Waals surface area contributed by atoms with Gasteiger partial charge in [0.25, 0.3) is 0 Å². The summed E-state index contributed by atoms with van der Waals surface area (Å²) >= 11 is 0.